The highest BCUT2D eigenvalue weighted by molar-refractivity contribution is 7.98. The van der Waals surface area contributed by atoms with Crippen LogP contribution in [0, 0.1) is 5.92 Å². The van der Waals surface area contributed by atoms with Crippen molar-refractivity contribution in [1.29, 1.82) is 0 Å². The van der Waals surface area contributed by atoms with Crippen LogP contribution >= 0.6 is 11.8 Å². The molecule has 0 aliphatic rings. The van der Waals surface area contributed by atoms with Gasteiger partial charge in [0.15, 0.2) is 0 Å². The van der Waals surface area contributed by atoms with E-state index in [1.165, 1.54) is 4.90 Å². The van der Waals surface area contributed by atoms with Gasteiger partial charge in [-0.1, -0.05) is 13.8 Å². The SMILES string of the molecule is CSc1cnn(CC(C)C)c1. The second-order valence-electron chi connectivity index (χ2n) is 3.00. The molecule has 0 atom stereocenters. The molecule has 0 bridgehead atoms. The number of rotatable bonds is 3. The molecular formula is C8H14N2S. The van der Waals surface area contributed by atoms with Crippen molar-refractivity contribution in [1.82, 2.24) is 9.78 Å². The Bertz CT molecular complexity index is 218. The summed E-state index contributed by atoms with van der Waals surface area (Å²) < 4.78 is 2.00. The molecule has 0 aliphatic heterocycles. The minimum atomic E-state index is 0.671. The van der Waals surface area contributed by atoms with E-state index in [1.54, 1.807) is 11.8 Å². The Labute approximate surface area is 72.0 Å². The molecule has 0 unspecified atom stereocenters. The fraction of sp³-hybridized carbons (Fsp3) is 0.625. The molecule has 2 nitrogen and oxygen atoms in total. The van der Waals surface area contributed by atoms with Crippen LogP contribution in [-0.2, 0) is 6.54 Å². The second kappa shape index (κ2) is 3.81. The number of thioether (sulfide) groups is 1. The van der Waals surface area contributed by atoms with Gasteiger partial charge in [0.2, 0.25) is 0 Å². The van der Waals surface area contributed by atoms with E-state index in [4.69, 9.17) is 0 Å². The average Bonchev–Trinajstić information content (AvgIpc) is 2.34. The van der Waals surface area contributed by atoms with Crippen molar-refractivity contribution < 1.29 is 0 Å². The van der Waals surface area contributed by atoms with Crippen LogP contribution in [0.1, 0.15) is 13.8 Å². The van der Waals surface area contributed by atoms with Crippen LogP contribution < -0.4 is 0 Å². The van der Waals surface area contributed by atoms with Crippen LogP contribution in [-0.4, -0.2) is 16.0 Å². The second-order valence-corrected chi connectivity index (χ2v) is 3.88. The first-order valence-corrected chi connectivity index (χ1v) is 5.01. The monoisotopic (exact) mass is 170 g/mol. The smallest absolute Gasteiger partial charge is 0.0625 e. The summed E-state index contributed by atoms with van der Waals surface area (Å²) in [7, 11) is 0. The van der Waals surface area contributed by atoms with Crippen LogP contribution in [0.5, 0.6) is 0 Å². The molecular weight excluding hydrogens is 156 g/mol. The first kappa shape index (κ1) is 8.65. The van der Waals surface area contributed by atoms with Crippen molar-refractivity contribution in [2.24, 2.45) is 5.92 Å². The molecule has 1 aromatic heterocycles. The van der Waals surface area contributed by atoms with Crippen molar-refractivity contribution in [3.05, 3.63) is 12.4 Å². The Kier molecular flexibility index (Phi) is 3.00. The molecule has 1 rings (SSSR count). The van der Waals surface area contributed by atoms with E-state index in [2.05, 4.69) is 31.4 Å². The molecule has 0 N–H and O–H groups in total. The van der Waals surface area contributed by atoms with Gasteiger partial charge in [0.05, 0.1) is 6.20 Å². The van der Waals surface area contributed by atoms with E-state index in [-0.39, 0.29) is 0 Å². The molecule has 0 aromatic carbocycles. The number of aromatic nitrogens is 2. The number of hydrogen-bond donors (Lipinski definition) is 0. The lowest BCUT2D eigenvalue weighted by molar-refractivity contribution is 0.482. The van der Waals surface area contributed by atoms with Crippen LogP contribution in [0.15, 0.2) is 17.3 Å². The molecule has 0 spiro atoms. The van der Waals surface area contributed by atoms with Crippen molar-refractivity contribution in [3.8, 4) is 0 Å². The van der Waals surface area contributed by atoms with Gasteiger partial charge in [-0.25, -0.2) is 0 Å². The Morgan fingerprint density at radius 3 is 2.82 bits per heavy atom. The van der Waals surface area contributed by atoms with Gasteiger partial charge in [-0.15, -0.1) is 11.8 Å². The third-order valence-corrected chi connectivity index (χ3v) is 2.08. The third kappa shape index (κ3) is 2.58. The van der Waals surface area contributed by atoms with Gasteiger partial charge in [0.25, 0.3) is 0 Å². The molecule has 0 aliphatic carbocycles. The Hall–Kier alpha value is -0.440. The van der Waals surface area contributed by atoms with Gasteiger partial charge in [-0.05, 0) is 12.2 Å². The lowest BCUT2D eigenvalue weighted by Crippen LogP contribution is -2.03. The standard InChI is InChI=1S/C8H14N2S/c1-7(2)5-10-6-8(11-3)4-9-10/h4,6-7H,5H2,1-3H3. The zero-order valence-electron chi connectivity index (χ0n) is 7.24. The van der Waals surface area contributed by atoms with Gasteiger partial charge in [-0.2, -0.15) is 5.10 Å². The summed E-state index contributed by atoms with van der Waals surface area (Å²) in [5.74, 6) is 0.671. The van der Waals surface area contributed by atoms with Crippen molar-refractivity contribution in [2.45, 2.75) is 25.3 Å². The quantitative estimate of drug-likeness (QED) is 0.648. The molecule has 0 radical (unpaired) electrons. The normalized spacial score (nSPS) is 10.9. The minimum Gasteiger partial charge on any atom is -0.271 e. The molecule has 11 heavy (non-hydrogen) atoms. The number of nitrogens with zero attached hydrogens (tertiary/aromatic N) is 2. The van der Waals surface area contributed by atoms with Crippen LogP contribution in [0.2, 0.25) is 0 Å². The Balaban J connectivity index is 2.58. The van der Waals surface area contributed by atoms with Crippen molar-refractivity contribution in [3.63, 3.8) is 0 Å². The summed E-state index contributed by atoms with van der Waals surface area (Å²) in [6, 6.07) is 0. The maximum atomic E-state index is 4.22. The fourth-order valence-corrected chi connectivity index (χ4v) is 1.30. The van der Waals surface area contributed by atoms with Gasteiger partial charge in [-0.3, -0.25) is 4.68 Å². The van der Waals surface area contributed by atoms with E-state index in [1.807, 2.05) is 10.9 Å². The molecule has 3 heteroatoms. The summed E-state index contributed by atoms with van der Waals surface area (Å²) in [6.45, 7) is 5.40. The van der Waals surface area contributed by atoms with Crippen molar-refractivity contribution >= 4 is 11.8 Å². The highest BCUT2D eigenvalue weighted by atomic mass is 32.2. The van der Waals surface area contributed by atoms with E-state index in [9.17, 15) is 0 Å². The summed E-state index contributed by atoms with van der Waals surface area (Å²) >= 11 is 1.73. The lowest BCUT2D eigenvalue weighted by atomic mass is 10.2. The van der Waals surface area contributed by atoms with E-state index >= 15 is 0 Å². The Morgan fingerprint density at radius 2 is 2.36 bits per heavy atom. The molecule has 0 amide bonds. The first-order chi connectivity index (χ1) is 5.22. The topological polar surface area (TPSA) is 17.8 Å². The summed E-state index contributed by atoms with van der Waals surface area (Å²) in [5, 5.41) is 4.22. The summed E-state index contributed by atoms with van der Waals surface area (Å²) in [4.78, 5) is 1.24. The zero-order valence-corrected chi connectivity index (χ0v) is 8.06. The fourth-order valence-electron chi connectivity index (χ4n) is 0.924. The molecule has 0 saturated carbocycles. The molecule has 0 fully saturated rings. The molecule has 62 valence electrons. The van der Waals surface area contributed by atoms with Gasteiger partial charge in [0, 0.05) is 17.6 Å². The van der Waals surface area contributed by atoms with E-state index in [0.29, 0.717) is 5.92 Å². The van der Waals surface area contributed by atoms with Gasteiger partial charge in [0.1, 0.15) is 0 Å². The molecule has 0 saturated heterocycles. The van der Waals surface area contributed by atoms with Crippen LogP contribution in [0.3, 0.4) is 0 Å². The van der Waals surface area contributed by atoms with E-state index < -0.39 is 0 Å². The van der Waals surface area contributed by atoms with E-state index in [0.717, 1.165) is 6.54 Å². The van der Waals surface area contributed by atoms with Crippen LogP contribution in [0.25, 0.3) is 0 Å². The average molecular weight is 170 g/mol. The largest absolute Gasteiger partial charge is 0.271 e. The predicted octanol–water partition coefficient (Wildman–Crippen LogP) is 2.26. The van der Waals surface area contributed by atoms with Crippen molar-refractivity contribution in [2.75, 3.05) is 6.26 Å². The highest BCUT2D eigenvalue weighted by Gasteiger charge is 1.98. The highest BCUT2D eigenvalue weighted by Crippen LogP contribution is 2.12. The first-order valence-electron chi connectivity index (χ1n) is 3.79. The molecule has 1 heterocycles. The lowest BCUT2D eigenvalue weighted by Gasteiger charge is -2.02. The maximum absolute atomic E-state index is 4.22. The summed E-state index contributed by atoms with van der Waals surface area (Å²) in [5.41, 5.74) is 0. The predicted molar refractivity (Wildman–Crippen MR) is 48.8 cm³/mol. The van der Waals surface area contributed by atoms with Gasteiger partial charge < -0.3 is 0 Å². The molecule has 1 aromatic rings. The third-order valence-electron chi connectivity index (χ3n) is 1.40. The summed E-state index contributed by atoms with van der Waals surface area (Å²) in [6.07, 6.45) is 6.06. The minimum absolute atomic E-state index is 0.671. The maximum Gasteiger partial charge on any atom is 0.0625 e. The van der Waals surface area contributed by atoms with Crippen LogP contribution in [0.4, 0.5) is 0 Å². The Morgan fingerprint density at radius 1 is 1.64 bits per heavy atom. The number of hydrogen-bond acceptors (Lipinski definition) is 2. The van der Waals surface area contributed by atoms with Gasteiger partial charge >= 0.3 is 0 Å². The zero-order chi connectivity index (χ0) is 8.27.